The molecule has 0 amide bonds. The number of hydrogen-bond donors (Lipinski definition) is 1. The second kappa shape index (κ2) is 8.65. The smallest absolute Gasteiger partial charge is 0.306 e. The molecule has 0 saturated carbocycles. The summed E-state index contributed by atoms with van der Waals surface area (Å²) in [5.41, 5.74) is 7.26. The zero-order valence-electron chi connectivity index (χ0n) is 15.1. The molecule has 1 aromatic rings. The number of rotatable bonds is 9. The SMILES string of the molecule is CCCCCOc1ccc([N+]2(S(=O)(=O)CC)CC=CC=C2CN)cc1. The van der Waals surface area contributed by atoms with E-state index in [4.69, 9.17) is 10.5 Å². The van der Waals surface area contributed by atoms with Crippen LogP contribution < -0.4 is 14.4 Å². The van der Waals surface area contributed by atoms with Crippen molar-refractivity contribution >= 4 is 15.7 Å². The number of ether oxygens (including phenoxy) is 1. The van der Waals surface area contributed by atoms with E-state index < -0.39 is 10.0 Å². The van der Waals surface area contributed by atoms with Crippen molar-refractivity contribution in [3.63, 3.8) is 0 Å². The van der Waals surface area contributed by atoms with Crippen LogP contribution in [-0.2, 0) is 10.0 Å². The van der Waals surface area contributed by atoms with Gasteiger partial charge in [0.05, 0.1) is 18.9 Å². The zero-order chi connectivity index (χ0) is 18.3. The lowest BCUT2D eigenvalue weighted by molar-refractivity contribution is 0.306. The number of sulfonamides is 1. The summed E-state index contributed by atoms with van der Waals surface area (Å²) in [6, 6.07) is 7.37. The van der Waals surface area contributed by atoms with Gasteiger partial charge in [-0.1, -0.05) is 25.8 Å². The molecule has 1 aromatic carbocycles. The third-order valence-electron chi connectivity index (χ3n) is 4.57. The molecule has 1 aliphatic rings. The van der Waals surface area contributed by atoms with Crippen LogP contribution >= 0.6 is 0 Å². The summed E-state index contributed by atoms with van der Waals surface area (Å²) in [6.07, 6.45) is 8.87. The average Bonchev–Trinajstić information content (AvgIpc) is 2.65. The van der Waals surface area contributed by atoms with E-state index in [0.717, 1.165) is 25.0 Å². The maximum absolute atomic E-state index is 13.0. The molecule has 0 spiro atoms. The Morgan fingerprint density at radius 2 is 1.88 bits per heavy atom. The summed E-state index contributed by atoms with van der Waals surface area (Å²) >= 11 is 0. The van der Waals surface area contributed by atoms with Gasteiger partial charge >= 0.3 is 10.0 Å². The Kier molecular flexibility index (Phi) is 6.81. The van der Waals surface area contributed by atoms with Gasteiger partial charge in [-0.2, -0.15) is 12.3 Å². The first-order valence-corrected chi connectivity index (χ1v) is 10.5. The van der Waals surface area contributed by atoms with Gasteiger partial charge in [0.2, 0.25) is 0 Å². The predicted molar refractivity (Wildman–Crippen MR) is 104 cm³/mol. The molecule has 6 heteroatoms. The van der Waals surface area contributed by atoms with Gasteiger partial charge in [-0.3, -0.25) is 0 Å². The van der Waals surface area contributed by atoms with E-state index >= 15 is 0 Å². The van der Waals surface area contributed by atoms with Crippen molar-refractivity contribution in [1.82, 2.24) is 3.89 Å². The topological polar surface area (TPSA) is 69.4 Å². The molecular formula is C19H29N2O3S+. The molecule has 2 N–H and O–H groups in total. The number of allylic oxidation sites excluding steroid dienone is 2. The lowest BCUT2D eigenvalue weighted by atomic mass is 10.2. The Morgan fingerprint density at radius 1 is 1.16 bits per heavy atom. The normalized spacial score (nSPS) is 20.4. The van der Waals surface area contributed by atoms with E-state index in [1.165, 1.54) is 0 Å². The Morgan fingerprint density at radius 3 is 2.48 bits per heavy atom. The minimum atomic E-state index is -3.44. The number of nitrogens with zero attached hydrogens (tertiary/aromatic N) is 1. The molecule has 0 aromatic heterocycles. The lowest BCUT2D eigenvalue weighted by Crippen LogP contribution is -2.56. The average molecular weight is 366 g/mol. The van der Waals surface area contributed by atoms with Crippen molar-refractivity contribution in [1.29, 1.82) is 0 Å². The summed E-state index contributed by atoms with van der Waals surface area (Å²) in [4.78, 5) is 0. The third kappa shape index (κ3) is 3.97. The molecule has 1 aliphatic heterocycles. The Bertz CT molecular complexity index is 724. The maximum Gasteiger partial charge on any atom is 0.306 e. The molecule has 1 atom stereocenters. The molecule has 1 heterocycles. The fraction of sp³-hybridized carbons (Fsp3) is 0.474. The minimum Gasteiger partial charge on any atom is -0.494 e. The highest BCUT2D eigenvalue weighted by Crippen LogP contribution is 2.36. The van der Waals surface area contributed by atoms with Gasteiger partial charge in [-0.05, 0) is 37.6 Å². The van der Waals surface area contributed by atoms with Crippen LogP contribution in [0.2, 0.25) is 0 Å². The second-order valence-corrected chi connectivity index (χ2v) is 8.50. The Hall–Kier alpha value is -1.63. The van der Waals surface area contributed by atoms with Crippen LogP contribution in [0.1, 0.15) is 33.1 Å². The van der Waals surface area contributed by atoms with Crippen molar-refractivity contribution < 1.29 is 13.2 Å². The zero-order valence-corrected chi connectivity index (χ0v) is 16.0. The minimum absolute atomic E-state index is 0.0491. The van der Waals surface area contributed by atoms with Gasteiger partial charge in [-0.15, -0.1) is 0 Å². The van der Waals surface area contributed by atoms with Gasteiger partial charge in [0.1, 0.15) is 18.0 Å². The van der Waals surface area contributed by atoms with Crippen molar-refractivity contribution in [2.45, 2.75) is 33.1 Å². The molecule has 0 radical (unpaired) electrons. The van der Waals surface area contributed by atoms with Gasteiger partial charge in [0.15, 0.2) is 5.69 Å². The summed E-state index contributed by atoms with van der Waals surface area (Å²) in [7, 11) is -3.44. The van der Waals surface area contributed by atoms with Gasteiger partial charge in [0, 0.05) is 12.1 Å². The fourth-order valence-electron chi connectivity index (χ4n) is 3.11. The van der Waals surface area contributed by atoms with Gasteiger partial charge in [0.25, 0.3) is 0 Å². The van der Waals surface area contributed by atoms with E-state index in [0.29, 0.717) is 24.5 Å². The van der Waals surface area contributed by atoms with E-state index in [1.54, 1.807) is 6.92 Å². The standard InChI is InChI=1S/C19H29N2O3S/c1-3-5-8-15-24-19-12-10-17(11-13-19)21(25(22,23)4-2)14-7-6-9-18(21)16-20/h6-7,9-13H,3-5,8,14-16,20H2,1-2H3/q+1. The van der Waals surface area contributed by atoms with Crippen LogP contribution in [0.25, 0.3) is 0 Å². The first-order valence-electron chi connectivity index (χ1n) is 8.92. The number of hydrogen-bond acceptors (Lipinski definition) is 4. The quantitative estimate of drug-likeness (QED) is 0.538. The van der Waals surface area contributed by atoms with Crippen LogP contribution in [0, 0.1) is 0 Å². The van der Waals surface area contributed by atoms with Crippen molar-refractivity contribution in [3.05, 3.63) is 48.2 Å². The van der Waals surface area contributed by atoms with E-state index in [1.807, 2.05) is 42.5 Å². The highest BCUT2D eigenvalue weighted by molar-refractivity contribution is 7.91. The number of benzene rings is 1. The molecular weight excluding hydrogens is 336 g/mol. The number of nitrogens with two attached hydrogens (primary N) is 1. The highest BCUT2D eigenvalue weighted by atomic mass is 32.2. The molecule has 0 fully saturated rings. The fourth-order valence-corrected chi connectivity index (χ4v) is 4.80. The predicted octanol–water partition coefficient (Wildman–Crippen LogP) is 3.33. The third-order valence-corrected chi connectivity index (χ3v) is 6.84. The Labute approximate surface area is 151 Å². The van der Waals surface area contributed by atoms with Gasteiger partial charge < -0.3 is 10.5 Å². The maximum atomic E-state index is 13.0. The molecule has 25 heavy (non-hydrogen) atoms. The first-order chi connectivity index (χ1) is 12.0. The summed E-state index contributed by atoms with van der Waals surface area (Å²) in [5.74, 6) is 0.811. The molecule has 138 valence electrons. The van der Waals surface area contributed by atoms with Crippen molar-refractivity contribution in [2.75, 3.05) is 25.4 Å². The molecule has 2 rings (SSSR count). The van der Waals surface area contributed by atoms with Crippen LogP contribution in [0.15, 0.2) is 48.2 Å². The number of unbranched alkanes of at least 4 members (excludes halogenated alkanes) is 2. The highest BCUT2D eigenvalue weighted by Gasteiger charge is 2.46. The largest absolute Gasteiger partial charge is 0.494 e. The lowest BCUT2D eigenvalue weighted by Gasteiger charge is -2.37. The van der Waals surface area contributed by atoms with Crippen LogP contribution in [0.4, 0.5) is 5.69 Å². The second-order valence-electron chi connectivity index (χ2n) is 6.13. The van der Waals surface area contributed by atoms with Crippen LogP contribution in [-0.4, -0.2) is 33.9 Å². The summed E-state index contributed by atoms with van der Waals surface area (Å²) in [5, 5.41) is 0. The molecule has 0 saturated heterocycles. The molecule has 1 unspecified atom stereocenters. The van der Waals surface area contributed by atoms with E-state index in [9.17, 15) is 8.42 Å². The summed E-state index contributed by atoms with van der Waals surface area (Å²) < 4.78 is 31.5. The number of quaternary nitrogens is 1. The van der Waals surface area contributed by atoms with Crippen LogP contribution in [0.5, 0.6) is 5.75 Å². The van der Waals surface area contributed by atoms with Crippen molar-refractivity contribution in [3.8, 4) is 5.75 Å². The van der Waals surface area contributed by atoms with Crippen molar-refractivity contribution in [2.24, 2.45) is 5.73 Å². The summed E-state index contributed by atoms with van der Waals surface area (Å²) in [6.45, 7) is 5.06. The van der Waals surface area contributed by atoms with E-state index in [2.05, 4.69) is 6.92 Å². The molecule has 0 bridgehead atoms. The first kappa shape index (κ1) is 19.7. The Balaban J connectivity index is 2.34. The van der Waals surface area contributed by atoms with E-state index in [-0.39, 0.29) is 16.2 Å². The molecule has 0 aliphatic carbocycles. The van der Waals surface area contributed by atoms with Gasteiger partial charge in [-0.25, -0.2) is 0 Å². The molecule has 5 nitrogen and oxygen atoms in total. The monoisotopic (exact) mass is 365 g/mol. The van der Waals surface area contributed by atoms with Crippen LogP contribution in [0.3, 0.4) is 0 Å².